The van der Waals surface area contributed by atoms with Gasteiger partial charge in [-0.1, -0.05) is 12.7 Å². The van der Waals surface area contributed by atoms with Crippen molar-refractivity contribution in [3.8, 4) is 0 Å². The zero-order valence-corrected chi connectivity index (χ0v) is 9.90. The fraction of sp³-hybridized carbons (Fsp3) is 0.273. The molecule has 0 unspecified atom stereocenters. The van der Waals surface area contributed by atoms with E-state index >= 15 is 0 Å². The molecule has 0 radical (unpaired) electrons. The first-order chi connectivity index (χ1) is 7.10. The Bertz CT molecular complexity index is 446. The normalized spacial score (nSPS) is 10.0. The van der Waals surface area contributed by atoms with E-state index in [4.69, 9.17) is 5.41 Å². The molecule has 3 nitrogen and oxygen atoms in total. The van der Waals surface area contributed by atoms with Gasteiger partial charge in [-0.05, 0) is 13.2 Å². The first-order valence-electron chi connectivity index (χ1n) is 4.58. The molecule has 0 saturated heterocycles. The summed E-state index contributed by atoms with van der Waals surface area (Å²) in [6, 6.07) is 0. The third-order valence-electron chi connectivity index (χ3n) is 1.95. The molecule has 0 aliphatic carbocycles. The van der Waals surface area contributed by atoms with E-state index in [9.17, 15) is 0 Å². The van der Waals surface area contributed by atoms with Crippen LogP contribution in [0.4, 0.5) is 0 Å². The van der Waals surface area contributed by atoms with E-state index in [1.807, 2.05) is 19.4 Å². The number of thioether (sulfide) groups is 1. The Morgan fingerprint density at radius 3 is 2.93 bits per heavy atom. The van der Waals surface area contributed by atoms with Gasteiger partial charge in [0.25, 0.3) is 0 Å². The summed E-state index contributed by atoms with van der Waals surface area (Å²) in [4.78, 5) is 4.28. The lowest BCUT2D eigenvalue weighted by atomic mass is 10.3. The summed E-state index contributed by atoms with van der Waals surface area (Å²) in [5.41, 5.74) is 2.12. The Morgan fingerprint density at radius 1 is 1.73 bits per heavy atom. The van der Waals surface area contributed by atoms with Gasteiger partial charge in [0.2, 0.25) is 0 Å². The smallest absolute Gasteiger partial charge is 0.162 e. The SMILES string of the molecule is C=CCC(=C)n1cc(C)nc(SC)c1=N. The summed E-state index contributed by atoms with van der Waals surface area (Å²) >= 11 is 1.47. The van der Waals surface area contributed by atoms with Gasteiger partial charge in [-0.3, -0.25) is 5.41 Å². The lowest BCUT2D eigenvalue weighted by Crippen LogP contribution is -2.22. The number of aryl methyl sites for hydroxylation is 1. The van der Waals surface area contributed by atoms with Crippen LogP contribution < -0.4 is 5.49 Å². The van der Waals surface area contributed by atoms with Gasteiger partial charge in [-0.2, -0.15) is 0 Å². The average Bonchev–Trinajstić information content (AvgIpc) is 2.21. The standard InChI is InChI=1S/C11H15N3S/c1-5-6-9(3)14-7-8(2)13-11(15-4)10(14)12/h5,7,12H,1,3,6H2,2,4H3. The second kappa shape index (κ2) is 4.98. The molecular formula is C11H15N3S. The van der Waals surface area contributed by atoms with Crippen LogP contribution in [0.15, 0.2) is 30.5 Å². The van der Waals surface area contributed by atoms with Gasteiger partial charge in [0, 0.05) is 18.3 Å². The largest absolute Gasteiger partial charge is 0.302 e. The Labute approximate surface area is 94.1 Å². The lowest BCUT2D eigenvalue weighted by Gasteiger charge is -2.11. The fourth-order valence-electron chi connectivity index (χ4n) is 1.25. The van der Waals surface area contributed by atoms with Crippen molar-refractivity contribution in [2.45, 2.75) is 18.4 Å². The third-order valence-corrected chi connectivity index (χ3v) is 2.62. The van der Waals surface area contributed by atoms with Crippen LogP contribution in [0.1, 0.15) is 12.1 Å². The molecule has 1 aromatic rings. The zero-order valence-electron chi connectivity index (χ0n) is 9.08. The molecule has 4 heteroatoms. The number of hydrogen-bond donors (Lipinski definition) is 1. The summed E-state index contributed by atoms with van der Waals surface area (Å²) < 4.78 is 1.76. The highest BCUT2D eigenvalue weighted by Crippen LogP contribution is 2.10. The van der Waals surface area contributed by atoms with Crippen molar-refractivity contribution in [2.75, 3.05) is 6.26 Å². The van der Waals surface area contributed by atoms with Gasteiger partial charge in [0.15, 0.2) is 5.49 Å². The molecule has 0 atom stereocenters. The van der Waals surface area contributed by atoms with Crippen LogP contribution in [0.2, 0.25) is 0 Å². The summed E-state index contributed by atoms with van der Waals surface area (Å²) in [6.45, 7) is 9.50. The number of rotatable bonds is 4. The molecule has 0 fully saturated rings. The minimum absolute atomic E-state index is 0.389. The Balaban J connectivity index is 3.29. The zero-order chi connectivity index (χ0) is 11.4. The van der Waals surface area contributed by atoms with Crippen LogP contribution in [0.5, 0.6) is 0 Å². The van der Waals surface area contributed by atoms with Crippen molar-refractivity contribution in [1.29, 1.82) is 5.41 Å². The molecule has 0 amide bonds. The molecule has 0 aromatic carbocycles. The van der Waals surface area contributed by atoms with Gasteiger partial charge in [0.05, 0.1) is 5.69 Å². The number of aromatic nitrogens is 2. The molecule has 1 rings (SSSR count). The highest BCUT2D eigenvalue weighted by atomic mass is 32.2. The Hall–Kier alpha value is -1.29. The molecule has 1 N–H and O–H groups in total. The van der Waals surface area contributed by atoms with E-state index in [0.29, 0.717) is 11.9 Å². The van der Waals surface area contributed by atoms with Crippen molar-refractivity contribution in [3.05, 3.63) is 36.6 Å². The molecule has 80 valence electrons. The summed E-state index contributed by atoms with van der Waals surface area (Å²) in [5, 5.41) is 8.66. The molecule has 0 aliphatic rings. The maximum Gasteiger partial charge on any atom is 0.162 e. The van der Waals surface area contributed by atoms with Gasteiger partial charge >= 0.3 is 0 Å². The Kier molecular flexibility index (Phi) is 3.91. The minimum atomic E-state index is 0.389. The van der Waals surface area contributed by atoms with Gasteiger partial charge in [0.1, 0.15) is 5.03 Å². The van der Waals surface area contributed by atoms with Crippen molar-refractivity contribution in [3.63, 3.8) is 0 Å². The van der Waals surface area contributed by atoms with Crippen LogP contribution in [-0.4, -0.2) is 15.8 Å². The topological polar surface area (TPSA) is 41.7 Å². The van der Waals surface area contributed by atoms with Crippen molar-refractivity contribution in [1.82, 2.24) is 9.55 Å². The first-order valence-corrected chi connectivity index (χ1v) is 5.80. The molecule has 1 aromatic heterocycles. The van der Waals surface area contributed by atoms with Crippen LogP contribution in [-0.2, 0) is 0 Å². The van der Waals surface area contributed by atoms with E-state index in [2.05, 4.69) is 18.1 Å². The van der Waals surface area contributed by atoms with Crippen molar-refractivity contribution < 1.29 is 0 Å². The van der Waals surface area contributed by atoms with Crippen LogP contribution in [0, 0.1) is 12.3 Å². The van der Waals surface area contributed by atoms with Crippen LogP contribution in [0.25, 0.3) is 5.70 Å². The highest BCUT2D eigenvalue weighted by molar-refractivity contribution is 7.98. The maximum atomic E-state index is 7.94. The van der Waals surface area contributed by atoms with Gasteiger partial charge < -0.3 is 4.57 Å². The van der Waals surface area contributed by atoms with Crippen molar-refractivity contribution in [2.24, 2.45) is 0 Å². The molecule has 0 spiro atoms. The Morgan fingerprint density at radius 2 is 2.40 bits per heavy atom. The minimum Gasteiger partial charge on any atom is -0.302 e. The molecule has 0 aliphatic heterocycles. The van der Waals surface area contributed by atoms with Gasteiger partial charge in [-0.15, -0.1) is 18.3 Å². The van der Waals surface area contributed by atoms with Crippen molar-refractivity contribution >= 4 is 17.5 Å². The highest BCUT2D eigenvalue weighted by Gasteiger charge is 2.04. The van der Waals surface area contributed by atoms with E-state index in [0.717, 1.165) is 16.4 Å². The summed E-state index contributed by atoms with van der Waals surface area (Å²) in [5.74, 6) is 0. The molecule has 0 saturated carbocycles. The maximum absolute atomic E-state index is 7.94. The molecule has 0 bridgehead atoms. The average molecular weight is 221 g/mol. The summed E-state index contributed by atoms with van der Waals surface area (Å²) in [6.07, 6.45) is 6.20. The van der Waals surface area contributed by atoms with E-state index in [1.54, 1.807) is 10.6 Å². The third kappa shape index (κ3) is 2.59. The lowest BCUT2D eigenvalue weighted by molar-refractivity contribution is 0.811. The monoisotopic (exact) mass is 221 g/mol. The van der Waals surface area contributed by atoms with Gasteiger partial charge in [-0.25, -0.2) is 4.98 Å². The van der Waals surface area contributed by atoms with E-state index in [1.165, 1.54) is 11.8 Å². The predicted octanol–water partition coefficient (Wildman–Crippen LogP) is 2.44. The first kappa shape index (κ1) is 11.8. The summed E-state index contributed by atoms with van der Waals surface area (Å²) in [7, 11) is 0. The van der Waals surface area contributed by atoms with E-state index in [-0.39, 0.29) is 0 Å². The van der Waals surface area contributed by atoms with Crippen LogP contribution in [0.3, 0.4) is 0 Å². The molecule has 1 heterocycles. The second-order valence-corrected chi connectivity index (χ2v) is 3.96. The van der Waals surface area contributed by atoms with E-state index < -0.39 is 0 Å². The predicted molar refractivity (Wildman–Crippen MR) is 64.7 cm³/mol. The second-order valence-electron chi connectivity index (χ2n) is 3.17. The fourth-order valence-corrected chi connectivity index (χ4v) is 1.78. The number of hydrogen-bond acceptors (Lipinski definition) is 3. The number of nitrogens with one attached hydrogen (secondary N) is 1. The van der Waals surface area contributed by atoms with Crippen LogP contribution >= 0.6 is 11.8 Å². The quantitative estimate of drug-likeness (QED) is 0.626. The molecular weight excluding hydrogens is 206 g/mol. The number of nitrogens with zero attached hydrogens (tertiary/aromatic N) is 2. The number of allylic oxidation sites excluding steroid dienone is 2. The molecule has 15 heavy (non-hydrogen) atoms.